The van der Waals surface area contributed by atoms with Crippen molar-refractivity contribution in [3.8, 4) is 5.75 Å². The summed E-state index contributed by atoms with van der Waals surface area (Å²) in [6.45, 7) is 3.97. The van der Waals surface area contributed by atoms with Crippen LogP contribution in [0.15, 0.2) is 97.1 Å². The molecule has 1 aliphatic heterocycles. The molecule has 0 saturated carbocycles. The van der Waals surface area contributed by atoms with E-state index in [0.29, 0.717) is 22.7 Å². The second-order valence-electron chi connectivity index (χ2n) is 8.69. The minimum absolute atomic E-state index is 0.0965. The highest BCUT2D eigenvalue weighted by atomic mass is 35.5. The number of carbonyl (C=O) groups excluding carboxylic acids is 2. The largest absolute Gasteiger partial charge is 0.508 e. The van der Waals surface area contributed by atoms with Crippen molar-refractivity contribution in [2.24, 2.45) is 5.92 Å². The average Bonchev–Trinajstić information content (AvgIpc) is 3.08. The minimum atomic E-state index is -1.29. The lowest BCUT2D eigenvalue weighted by Crippen LogP contribution is -2.48. The number of hydrazine groups is 1. The van der Waals surface area contributed by atoms with Crippen LogP contribution < -0.4 is 5.43 Å². The van der Waals surface area contributed by atoms with Crippen LogP contribution in [0, 0.1) is 11.7 Å². The minimum Gasteiger partial charge on any atom is -0.508 e. The van der Waals surface area contributed by atoms with Gasteiger partial charge in [0.25, 0.3) is 11.8 Å². The summed E-state index contributed by atoms with van der Waals surface area (Å²) in [5, 5.41) is 11.4. The molecule has 1 aliphatic carbocycles. The number of amides is 2. The van der Waals surface area contributed by atoms with Crippen molar-refractivity contribution in [3.63, 3.8) is 0 Å². The van der Waals surface area contributed by atoms with Gasteiger partial charge in [-0.25, -0.2) is 4.39 Å². The van der Waals surface area contributed by atoms with Crippen LogP contribution in [0.5, 0.6) is 5.75 Å². The molecule has 3 aromatic rings. The number of phenolic OH excluding ortho intramolecular Hbond substituents is 1. The van der Waals surface area contributed by atoms with Crippen molar-refractivity contribution >= 4 is 29.1 Å². The van der Waals surface area contributed by atoms with Crippen molar-refractivity contribution in [3.05, 3.63) is 119 Å². The van der Waals surface area contributed by atoms with E-state index in [-0.39, 0.29) is 11.7 Å². The number of rotatable bonds is 5. The van der Waals surface area contributed by atoms with E-state index in [1.807, 2.05) is 6.08 Å². The number of hydrogen-bond acceptors (Lipinski definition) is 4. The number of allylic oxidation sites excluding steroid dienone is 3. The zero-order valence-corrected chi connectivity index (χ0v) is 19.4. The first-order chi connectivity index (χ1) is 16.9. The van der Waals surface area contributed by atoms with Gasteiger partial charge in [0, 0.05) is 10.9 Å². The van der Waals surface area contributed by atoms with Crippen molar-refractivity contribution in [1.29, 1.82) is 0 Å². The number of aromatic hydroxyl groups is 1. The normalized spacial score (nSPS) is 23.6. The summed E-state index contributed by atoms with van der Waals surface area (Å²) in [6.07, 6.45) is 3.99. The van der Waals surface area contributed by atoms with Crippen LogP contribution in [-0.2, 0) is 15.0 Å². The molecule has 0 bridgehead atoms. The van der Waals surface area contributed by atoms with Gasteiger partial charge < -0.3 is 5.11 Å². The van der Waals surface area contributed by atoms with Crippen LogP contribution in [-0.4, -0.2) is 21.9 Å². The molecule has 7 heteroatoms. The van der Waals surface area contributed by atoms with Gasteiger partial charge in [0.15, 0.2) is 0 Å². The van der Waals surface area contributed by atoms with E-state index >= 15 is 0 Å². The topological polar surface area (TPSA) is 69.6 Å². The number of anilines is 1. The number of nitrogens with one attached hydrogen (secondary N) is 1. The fraction of sp³-hybridized carbons (Fsp3) is 0.143. The van der Waals surface area contributed by atoms with Gasteiger partial charge in [0.1, 0.15) is 11.6 Å². The molecule has 2 N–H and O–H groups in total. The molecule has 35 heavy (non-hydrogen) atoms. The zero-order chi connectivity index (χ0) is 24.7. The smallest absolute Gasteiger partial charge is 0.260 e. The molecule has 2 aliphatic rings. The third kappa shape index (κ3) is 3.61. The molecule has 3 unspecified atom stereocenters. The molecule has 1 heterocycles. The first kappa shape index (κ1) is 22.9. The van der Waals surface area contributed by atoms with Gasteiger partial charge in [-0.2, -0.15) is 5.01 Å². The fourth-order valence-corrected chi connectivity index (χ4v) is 5.46. The van der Waals surface area contributed by atoms with Crippen LogP contribution in [0.3, 0.4) is 0 Å². The van der Waals surface area contributed by atoms with Crippen LogP contribution in [0.1, 0.15) is 23.5 Å². The molecule has 0 spiro atoms. The van der Waals surface area contributed by atoms with Crippen LogP contribution in [0.25, 0.3) is 0 Å². The molecule has 1 saturated heterocycles. The van der Waals surface area contributed by atoms with Gasteiger partial charge in [0.2, 0.25) is 0 Å². The molecule has 1 fully saturated rings. The number of hydrogen-bond donors (Lipinski definition) is 2. The van der Waals surface area contributed by atoms with Gasteiger partial charge in [-0.15, -0.1) is 0 Å². The maximum atomic E-state index is 14.4. The summed E-state index contributed by atoms with van der Waals surface area (Å²) in [5.41, 5.74) is 4.25. The summed E-state index contributed by atoms with van der Waals surface area (Å²) in [5.74, 6) is -2.38. The molecule has 0 radical (unpaired) electrons. The Balaban J connectivity index is 1.72. The Kier molecular flexibility index (Phi) is 5.69. The van der Waals surface area contributed by atoms with Crippen molar-refractivity contribution in [1.82, 2.24) is 5.01 Å². The van der Waals surface area contributed by atoms with E-state index in [0.717, 1.165) is 16.1 Å². The molecular formula is C28H22ClFN2O3. The number of fused-ring (bicyclic) bond motifs is 1. The fourth-order valence-electron chi connectivity index (χ4n) is 5.33. The predicted octanol–water partition coefficient (Wildman–Crippen LogP) is 5.73. The second kappa shape index (κ2) is 8.71. The van der Waals surface area contributed by atoms with E-state index in [4.69, 9.17) is 11.6 Å². The number of phenols is 1. The monoisotopic (exact) mass is 488 g/mol. The van der Waals surface area contributed by atoms with Crippen LogP contribution in [0.4, 0.5) is 10.1 Å². The number of carbonyl (C=O) groups is 2. The summed E-state index contributed by atoms with van der Waals surface area (Å²) >= 11 is 6.17. The summed E-state index contributed by atoms with van der Waals surface area (Å²) < 4.78 is 13.4. The van der Waals surface area contributed by atoms with E-state index in [1.54, 1.807) is 54.6 Å². The number of imide groups is 1. The van der Waals surface area contributed by atoms with Crippen LogP contribution >= 0.6 is 11.6 Å². The van der Waals surface area contributed by atoms with Crippen molar-refractivity contribution in [2.75, 3.05) is 5.43 Å². The Labute approximate surface area is 207 Å². The molecule has 3 aromatic carbocycles. The van der Waals surface area contributed by atoms with Crippen LogP contribution in [0.2, 0.25) is 5.02 Å². The SMILES string of the molecule is C=CC1=CCC2C(=O)N(Nc3ccc(F)cc3)C(=O)C2(c2ccc(Cl)cc2)C1c1ccc(O)cc1. The molecular weight excluding hydrogens is 467 g/mol. The number of benzene rings is 3. The first-order valence-corrected chi connectivity index (χ1v) is 11.5. The van der Waals surface area contributed by atoms with Gasteiger partial charge in [-0.3, -0.25) is 15.0 Å². The van der Waals surface area contributed by atoms with Gasteiger partial charge in [-0.05, 0) is 71.7 Å². The lowest BCUT2D eigenvalue weighted by atomic mass is 9.56. The van der Waals surface area contributed by atoms with E-state index in [1.165, 1.54) is 24.3 Å². The number of halogens is 2. The Bertz CT molecular complexity index is 1340. The highest BCUT2D eigenvalue weighted by Crippen LogP contribution is 2.57. The highest BCUT2D eigenvalue weighted by Gasteiger charge is 2.65. The third-order valence-electron chi connectivity index (χ3n) is 6.87. The van der Waals surface area contributed by atoms with Gasteiger partial charge in [0.05, 0.1) is 17.0 Å². The zero-order valence-electron chi connectivity index (χ0n) is 18.6. The predicted molar refractivity (Wildman–Crippen MR) is 132 cm³/mol. The summed E-state index contributed by atoms with van der Waals surface area (Å²) in [7, 11) is 0. The standard InChI is InChI=1S/C28H22ClFN2O3/c1-2-17-5-16-24-26(34)32(31-22-12-10-21(30)11-13-22)27(35)28(24,19-6-8-20(29)9-7-19)25(17)18-3-14-23(33)15-4-18/h2-15,24-25,31,33H,1,16H2. The lowest BCUT2D eigenvalue weighted by molar-refractivity contribution is -0.138. The quantitative estimate of drug-likeness (QED) is 0.450. The molecule has 5 rings (SSSR count). The first-order valence-electron chi connectivity index (χ1n) is 11.1. The third-order valence-corrected chi connectivity index (χ3v) is 7.12. The molecule has 5 nitrogen and oxygen atoms in total. The highest BCUT2D eigenvalue weighted by molar-refractivity contribution is 6.30. The van der Waals surface area contributed by atoms with Crippen molar-refractivity contribution in [2.45, 2.75) is 17.8 Å². The lowest BCUT2D eigenvalue weighted by Gasteiger charge is -2.43. The molecule has 176 valence electrons. The van der Waals surface area contributed by atoms with E-state index in [2.05, 4.69) is 12.0 Å². The Morgan fingerprint density at radius 2 is 1.69 bits per heavy atom. The average molecular weight is 489 g/mol. The number of nitrogens with zero attached hydrogens (tertiary/aromatic N) is 1. The Hall–Kier alpha value is -3.90. The maximum Gasteiger partial charge on any atom is 0.260 e. The Morgan fingerprint density at radius 1 is 1.03 bits per heavy atom. The van der Waals surface area contributed by atoms with Gasteiger partial charge in [-0.1, -0.05) is 54.6 Å². The summed E-state index contributed by atoms with van der Waals surface area (Å²) in [4.78, 5) is 28.1. The Morgan fingerprint density at radius 3 is 2.31 bits per heavy atom. The molecule has 2 amide bonds. The second-order valence-corrected chi connectivity index (χ2v) is 9.13. The van der Waals surface area contributed by atoms with Crippen molar-refractivity contribution < 1.29 is 19.1 Å². The van der Waals surface area contributed by atoms with E-state index < -0.39 is 29.0 Å². The van der Waals surface area contributed by atoms with Gasteiger partial charge >= 0.3 is 0 Å². The molecule has 3 atom stereocenters. The summed E-state index contributed by atoms with van der Waals surface area (Å²) in [6, 6.07) is 19.1. The van der Waals surface area contributed by atoms with E-state index in [9.17, 15) is 19.1 Å². The maximum absolute atomic E-state index is 14.4. The molecule has 0 aromatic heterocycles.